The van der Waals surface area contributed by atoms with E-state index >= 15 is 0 Å². The molecule has 1 N–H and O–H groups in total. The van der Waals surface area contributed by atoms with E-state index in [9.17, 15) is 14.4 Å². The third-order valence-corrected chi connectivity index (χ3v) is 8.15. The van der Waals surface area contributed by atoms with Crippen molar-refractivity contribution >= 4 is 58.3 Å². The van der Waals surface area contributed by atoms with Crippen molar-refractivity contribution in [2.45, 2.75) is 44.7 Å². The van der Waals surface area contributed by atoms with E-state index < -0.39 is 18.2 Å². The molecule has 4 amide bonds. The predicted octanol–water partition coefficient (Wildman–Crippen LogP) is 2.96. The fraction of sp³-hybridized carbons (Fsp3) is 0.273. The van der Waals surface area contributed by atoms with Gasteiger partial charge in [-0.1, -0.05) is 78.9 Å². The molecule has 3 aromatic carbocycles. The summed E-state index contributed by atoms with van der Waals surface area (Å²) in [5, 5.41) is 7.26. The number of pyridine rings is 1. The van der Waals surface area contributed by atoms with Crippen LogP contribution in [0.3, 0.4) is 0 Å². The van der Waals surface area contributed by atoms with Crippen molar-refractivity contribution in [3.63, 3.8) is 0 Å². The molecular formula is C33H34N6NaO3. The summed E-state index contributed by atoms with van der Waals surface area (Å²) >= 11 is 0. The number of likely N-dealkylation sites (N-methyl/N-ethyl adjacent to an activating group) is 1. The molecular weight excluding hydrogens is 551 g/mol. The van der Waals surface area contributed by atoms with Gasteiger partial charge in [0.05, 0.1) is 18.1 Å². The number of benzene rings is 3. The third kappa shape index (κ3) is 6.17. The average Bonchev–Trinajstić information content (AvgIpc) is 3.01. The molecule has 4 aromatic rings. The summed E-state index contributed by atoms with van der Waals surface area (Å²) in [5.41, 5.74) is 3.62. The number of rotatable bonds is 6. The van der Waals surface area contributed by atoms with Gasteiger partial charge in [0, 0.05) is 38.1 Å². The Bertz CT molecular complexity index is 1600. The summed E-state index contributed by atoms with van der Waals surface area (Å²) in [4.78, 5) is 49.8. The number of fused-ring (bicyclic) bond motifs is 2. The Morgan fingerprint density at radius 2 is 1.72 bits per heavy atom. The van der Waals surface area contributed by atoms with Crippen molar-refractivity contribution in [3.05, 3.63) is 114 Å². The minimum atomic E-state index is -0.776. The zero-order valence-electron chi connectivity index (χ0n) is 23.7. The van der Waals surface area contributed by atoms with Crippen molar-refractivity contribution < 1.29 is 14.4 Å². The summed E-state index contributed by atoms with van der Waals surface area (Å²) in [7, 11) is 1.74. The van der Waals surface area contributed by atoms with Crippen LogP contribution in [0.15, 0.2) is 91.1 Å². The van der Waals surface area contributed by atoms with Gasteiger partial charge in [-0.2, -0.15) is 0 Å². The number of para-hydroxylation sites is 1. The van der Waals surface area contributed by atoms with Gasteiger partial charge in [-0.05, 0) is 35.7 Å². The van der Waals surface area contributed by atoms with Crippen LogP contribution in [0.5, 0.6) is 0 Å². The van der Waals surface area contributed by atoms with Crippen LogP contribution in [0.2, 0.25) is 0 Å². The van der Waals surface area contributed by atoms with E-state index in [1.165, 1.54) is 0 Å². The number of nitrogens with one attached hydrogen (secondary N) is 1. The number of hydrogen-bond acceptors (Lipinski definition) is 5. The Balaban J connectivity index is 0.00000368. The first-order chi connectivity index (χ1) is 20.4. The number of hydrogen-bond donors (Lipinski definition) is 1. The molecule has 2 aliphatic rings. The summed E-state index contributed by atoms with van der Waals surface area (Å²) in [6.07, 6.45) is 1.38. The van der Waals surface area contributed by atoms with Crippen molar-refractivity contribution in [2.75, 3.05) is 13.6 Å². The normalized spacial score (nSPS) is 20.5. The summed E-state index contributed by atoms with van der Waals surface area (Å²) in [5.74, 6) is -0.337. The van der Waals surface area contributed by atoms with Gasteiger partial charge in [0.2, 0.25) is 11.8 Å². The molecule has 2 fully saturated rings. The van der Waals surface area contributed by atoms with Crippen LogP contribution in [0, 0.1) is 6.07 Å². The second-order valence-corrected chi connectivity index (χ2v) is 10.8. The molecule has 6 rings (SSSR count). The minimum absolute atomic E-state index is 0. The first-order valence-corrected chi connectivity index (χ1v) is 14.1. The molecule has 9 nitrogen and oxygen atoms in total. The van der Waals surface area contributed by atoms with Crippen LogP contribution in [-0.2, 0) is 29.1 Å². The van der Waals surface area contributed by atoms with E-state index in [1.54, 1.807) is 45.2 Å². The molecule has 2 saturated heterocycles. The molecule has 3 heterocycles. The Hall–Kier alpha value is -3.76. The van der Waals surface area contributed by atoms with Crippen LogP contribution in [0.4, 0.5) is 4.79 Å². The fourth-order valence-electron chi connectivity index (χ4n) is 6.08. The van der Waals surface area contributed by atoms with E-state index in [0.717, 1.165) is 27.6 Å². The van der Waals surface area contributed by atoms with Crippen LogP contribution in [0.1, 0.15) is 23.6 Å². The molecule has 3 atom stereocenters. The number of hydrazine groups is 1. The van der Waals surface area contributed by atoms with Crippen LogP contribution < -0.4 is 5.32 Å². The average molecular weight is 586 g/mol. The van der Waals surface area contributed by atoms with Crippen molar-refractivity contribution in [1.29, 1.82) is 0 Å². The second kappa shape index (κ2) is 13.3. The van der Waals surface area contributed by atoms with E-state index in [1.807, 2.05) is 79.7 Å². The number of piperazine rings is 1. The van der Waals surface area contributed by atoms with E-state index in [4.69, 9.17) is 0 Å². The van der Waals surface area contributed by atoms with Crippen LogP contribution in [0.25, 0.3) is 10.9 Å². The Kier molecular flexibility index (Phi) is 9.46. The molecule has 1 aromatic heterocycles. The zero-order chi connectivity index (χ0) is 29.2. The fourth-order valence-corrected chi connectivity index (χ4v) is 6.08. The maximum absolute atomic E-state index is 14.3. The molecule has 215 valence electrons. The first-order valence-electron chi connectivity index (χ1n) is 14.1. The predicted molar refractivity (Wildman–Crippen MR) is 165 cm³/mol. The molecule has 0 saturated carbocycles. The zero-order valence-corrected chi connectivity index (χ0v) is 23.7. The summed E-state index contributed by atoms with van der Waals surface area (Å²) in [6.45, 7) is 2.54. The van der Waals surface area contributed by atoms with Gasteiger partial charge < -0.3 is 15.1 Å². The standard InChI is InChI=1S/C33H33N6O3.Na.H/c1-23-31-38(29(40)22-36(2)39(31)33(42)35-20-25-13-7-4-8-14-25)28(19-24-11-5-3-6-12-24)32(41)37(23)21-27-16-9-15-26-17-10-18-34-30(26)27;;/h4-18,23,28,31H,19-22H2,1-2H3,(H,35,42);;/t23-,28-,31?;;/m0../s1. The Morgan fingerprint density at radius 1 is 0.977 bits per heavy atom. The maximum atomic E-state index is 14.3. The Labute approximate surface area is 273 Å². The van der Waals surface area contributed by atoms with Gasteiger partial charge in [-0.15, -0.1) is 0 Å². The number of urea groups is 1. The van der Waals surface area contributed by atoms with E-state index in [2.05, 4.69) is 16.4 Å². The molecule has 1 radical (unpaired) electrons. The third-order valence-electron chi connectivity index (χ3n) is 8.15. The number of carbonyl (C=O) groups is 3. The van der Waals surface area contributed by atoms with Crippen molar-refractivity contribution in [3.8, 4) is 0 Å². The quantitative estimate of drug-likeness (QED) is 0.352. The molecule has 43 heavy (non-hydrogen) atoms. The first kappa shape index (κ1) is 30.7. The number of aromatic nitrogens is 1. The monoisotopic (exact) mass is 585 g/mol. The van der Waals surface area contributed by atoms with Gasteiger partial charge in [0.15, 0.2) is 0 Å². The summed E-state index contributed by atoms with van der Waals surface area (Å²) in [6, 6.07) is 28.3. The van der Waals surface area contributed by atoms with E-state index in [-0.39, 0.29) is 53.9 Å². The number of carbonyl (C=O) groups excluding carboxylic acids is 3. The Morgan fingerprint density at radius 3 is 2.49 bits per heavy atom. The second-order valence-electron chi connectivity index (χ2n) is 10.8. The van der Waals surface area contributed by atoms with Gasteiger partial charge in [-0.25, -0.2) is 14.8 Å². The number of nitrogens with zero attached hydrogens (tertiary/aromatic N) is 5. The van der Waals surface area contributed by atoms with Gasteiger partial charge in [0.1, 0.15) is 12.2 Å². The van der Waals surface area contributed by atoms with Gasteiger partial charge in [-0.3, -0.25) is 14.6 Å². The van der Waals surface area contributed by atoms with Crippen LogP contribution >= 0.6 is 0 Å². The topological polar surface area (TPSA) is 89.1 Å². The van der Waals surface area contributed by atoms with E-state index in [0.29, 0.717) is 19.5 Å². The molecule has 0 spiro atoms. The molecule has 0 bridgehead atoms. The summed E-state index contributed by atoms with van der Waals surface area (Å²) < 4.78 is 0. The van der Waals surface area contributed by atoms with Crippen LogP contribution in [-0.4, -0.2) is 104 Å². The number of amides is 4. The molecule has 2 aliphatic heterocycles. The SMILES string of the molecule is C[C@H]1C2N(C(=O)CN(C)N2C(=O)NCc2ccccc2)[C@@H](Cc2cc[c]cc2)C(=O)N1Cc1cccc2cccnc12.[NaH]. The molecule has 0 aliphatic carbocycles. The van der Waals surface area contributed by atoms with Gasteiger partial charge in [0.25, 0.3) is 0 Å². The molecule has 1 unspecified atom stereocenters. The van der Waals surface area contributed by atoms with Crippen molar-refractivity contribution in [1.82, 2.24) is 30.1 Å². The van der Waals surface area contributed by atoms with Crippen molar-refractivity contribution in [2.24, 2.45) is 0 Å². The molecule has 10 heteroatoms. The van der Waals surface area contributed by atoms with Gasteiger partial charge >= 0.3 is 35.6 Å².